The van der Waals surface area contributed by atoms with E-state index in [1.165, 1.54) is 18.2 Å². The van der Waals surface area contributed by atoms with Gasteiger partial charge in [-0.05, 0) is 42.8 Å². The van der Waals surface area contributed by atoms with Crippen molar-refractivity contribution in [3.05, 3.63) is 58.4 Å². The van der Waals surface area contributed by atoms with E-state index in [0.717, 1.165) is 6.21 Å². The van der Waals surface area contributed by atoms with Crippen molar-refractivity contribution < 1.29 is 9.13 Å². The molecule has 136 valence electrons. The fraction of sp³-hybridized carbons (Fsp3) is 0.150. The molecule has 0 fully saturated rings. The number of benzene rings is 1. The summed E-state index contributed by atoms with van der Waals surface area (Å²) >= 11 is 6.03. The molecule has 0 spiro atoms. The molecule has 0 atom stereocenters. The van der Waals surface area contributed by atoms with Crippen molar-refractivity contribution in [3.8, 4) is 23.1 Å². The molecule has 2 N–H and O–H groups in total. The van der Waals surface area contributed by atoms with Gasteiger partial charge in [0.2, 0.25) is 0 Å². The van der Waals surface area contributed by atoms with E-state index in [1.807, 2.05) is 13.0 Å². The first kappa shape index (κ1) is 18.6. The van der Waals surface area contributed by atoms with E-state index in [9.17, 15) is 4.39 Å². The number of fused-ring (bicyclic) bond motifs is 1. The maximum absolute atomic E-state index is 14.4. The van der Waals surface area contributed by atoms with E-state index in [1.54, 1.807) is 18.2 Å². The third-order valence-corrected chi connectivity index (χ3v) is 4.27. The molecule has 0 saturated carbocycles. The quantitative estimate of drug-likeness (QED) is 0.450. The fourth-order valence-electron chi connectivity index (χ4n) is 2.76. The normalized spacial score (nSPS) is 13.9. The third-order valence-electron chi connectivity index (χ3n) is 4.04. The predicted octanol–water partition coefficient (Wildman–Crippen LogP) is 4.85. The number of ether oxygens (including phenoxy) is 1. The first-order valence-corrected chi connectivity index (χ1v) is 8.61. The minimum atomic E-state index is -0.440. The van der Waals surface area contributed by atoms with Gasteiger partial charge in [0.1, 0.15) is 18.5 Å². The number of rotatable bonds is 4. The number of anilines is 1. The molecule has 5 nitrogen and oxygen atoms in total. The Hall–Kier alpha value is -3.17. The maximum Gasteiger partial charge on any atom is 0.170 e. The number of hydrogen-bond donors (Lipinski definition) is 2. The van der Waals surface area contributed by atoms with Gasteiger partial charge in [0, 0.05) is 22.4 Å². The summed E-state index contributed by atoms with van der Waals surface area (Å²) in [6.07, 6.45) is 4.36. The smallest absolute Gasteiger partial charge is 0.170 e. The highest BCUT2D eigenvalue weighted by Gasteiger charge is 2.21. The van der Waals surface area contributed by atoms with Crippen LogP contribution in [0.15, 0.2) is 42.0 Å². The Morgan fingerprint density at radius 2 is 2.26 bits per heavy atom. The molecule has 2 heterocycles. The Balaban J connectivity index is 2.24. The largest absolute Gasteiger partial charge is 0.487 e. The van der Waals surface area contributed by atoms with Gasteiger partial charge in [0.15, 0.2) is 11.6 Å². The number of aromatic nitrogens is 1. The van der Waals surface area contributed by atoms with Crippen LogP contribution < -0.4 is 10.1 Å². The minimum absolute atomic E-state index is 0.188. The van der Waals surface area contributed by atoms with Crippen LogP contribution in [0.5, 0.6) is 5.75 Å². The summed E-state index contributed by atoms with van der Waals surface area (Å²) in [5, 5.41) is 20.0. The summed E-state index contributed by atoms with van der Waals surface area (Å²) in [5.41, 5.74) is 2.17. The Morgan fingerprint density at radius 3 is 2.96 bits per heavy atom. The van der Waals surface area contributed by atoms with Gasteiger partial charge >= 0.3 is 0 Å². The molecule has 0 saturated heterocycles. The average molecular weight is 383 g/mol. The second kappa shape index (κ2) is 8.02. The van der Waals surface area contributed by atoms with Gasteiger partial charge in [0.05, 0.1) is 17.8 Å². The highest BCUT2D eigenvalue weighted by atomic mass is 35.5. The van der Waals surface area contributed by atoms with E-state index in [-0.39, 0.29) is 11.1 Å². The first-order chi connectivity index (χ1) is 13.1. The van der Waals surface area contributed by atoms with E-state index in [0.29, 0.717) is 46.6 Å². The molecule has 3 rings (SSSR count). The fourth-order valence-corrected chi connectivity index (χ4v) is 2.93. The van der Waals surface area contributed by atoms with Gasteiger partial charge in [-0.1, -0.05) is 17.7 Å². The zero-order valence-corrected chi connectivity index (χ0v) is 15.3. The molecule has 7 heteroatoms. The second-order valence-electron chi connectivity index (χ2n) is 5.73. The summed E-state index contributed by atoms with van der Waals surface area (Å²) in [5.74, 6) is 0.581. The lowest BCUT2D eigenvalue weighted by Crippen LogP contribution is -2.20. The van der Waals surface area contributed by atoms with Crippen LogP contribution in [0.4, 0.5) is 10.2 Å². The standard InChI is InChI=1S/C20H16ClFN4O/c1-2-13(7-12(10-23)11-24)15-9-18(16-8-14(21)3-4-17(16)22)26-20-19(15)27-6-5-25-20/h2-4,7-10,23H,5-6H2,1H3,(H,25,26)/b12-7+,13-2+,23-10?. The molecule has 0 aliphatic carbocycles. The lowest BCUT2D eigenvalue weighted by molar-refractivity contribution is 0.320. The monoisotopic (exact) mass is 382 g/mol. The van der Waals surface area contributed by atoms with Crippen LogP contribution in [0.25, 0.3) is 16.8 Å². The Kier molecular flexibility index (Phi) is 5.53. The van der Waals surface area contributed by atoms with Crippen molar-refractivity contribution in [3.63, 3.8) is 0 Å². The van der Waals surface area contributed by atoms with Gasteiger partial charge in [-0.3, -0.25) is 0 Å². The van der Waals surface area contributed by atoms with Gasteiger partial charge in [-0.2, -0.15) is 5.26 Å². The molecule has 27 heavy (non-hydrogen) atoms. The predicted molar refractivity (Wildman–Crippen MR) is 105 cm³/mol. The van der Waals surface area contributed by atoms with Gasteiger partial charge in [-0.25, -0.2) is 9.37 Å². The van der Waals surface area contributed by atoms with Crippen molar-refractivity contribution in [2.24, 2.45) is 0 Å². The maximum atomic E-state index is 14.4. The Bertz CT molecular complexity index is 1010. The van der Waals surface area contributed by atoms with Crippen molar-refractivity contribution in [1.29, 1.82) is 10.7 Å². The number of pyridine rings is 1. The van der Waals surface area contributed by atoms with Crippen LogP contribution in [-0.4, -0.2) is 24.4 Å². The molecule has 1 aromatic heterocycles. The molecule has 1 aliphatic rings. The molecule has 0 amide bonds. The number of nitrogens with zero attached hydrogens (tertiary/aromatic N) is 2. The van der Waals surface area contributed by atoms with E-state index in [2.05, 4.69) is 10.3 Å². The van der Waals surface area contributed by atoms with Crippen LogP contribution in [-0.2, 0) is 0 Å². The molecular formula is C20H16ClFN4O. The highest BCUT2D eigenvalue weighted by molar-refractivity contribution is 6.30. The number of nitrogens with one attached hydrogen (secondary N) is 2. The molecule has 1 aliphatic heterocycles. The van der Waals surface area contributed by atoms with Crippen LogP contribution in [0.2, 0.25) is 5.02 Å². The zero-order valence-electron chi connectivity index (χ0n) is 14.5. The molecule has 0 radical (unpaired) electrons. The summed E-state index contributed by atoms with van der Waals surface area (Å²) < 4.78 is 20.1. The second-order valence-corrected chi connectivity index (χ2v) is 6.17. The lowest BCUT2D eigenvalue weighted by Gasteiger charge is -2.22. The molecule has 2 aromatic rings. The highest BCUT2D eigenvalue weighted by Crippen LogP contribution is 2.39. The number of halogens is 2. The molecule has 0 bridgehead atoms. The SMILES string of the molecule is C/C=C(\C=C(\C#N)C=N)c1cc(-c2cc(Cl)ccc2F)nc2c1OCCN2. The molecular weight excluding hydrogens is 367 g/mol. The Labute approximate surface area is 161 Å². The summed E-state index contributed by atoms with van der Waals surface area (Å²) in [7, 11) is 0. The van der Waals surface area contributed by atoms with Gasteiger partial charge < -0.3 is 15.5 Å². The van der Waals surface area contributed by atoms with Crippen LogP contribution in [0.1, 0.15) is 12.5 Å². The van der Waals surface area contributed by atoms with Gasteiger partial charge in [0.25, 0.3) is 0 Å². The topological polar surface area (TPSA) is 81.8 Å². The van der Waals surface area contributed by atoms with E-state index >= 15 is 0 Å². The Morgan fingerprint density at radius 1 is 1.44 bits per heavy atom. The summed E-state index contributed by atoms with van der Waals surface area (Å²) in [6.45, 7) is 2.85. The molecule has 0 unspecified atom stereocenters. The van der Waals surface area contributed by atoms with Crippen LogP contribution in [0.3, 0.4) is 0 Å². The summed E-state index contributed by atoms with van der Waals surface area (Å²) in [6, 6.07) is 7.94. The van der Waals surface area contributed by atoms with Crippen molar-refractivity contribution >= 4 is 29.2 Å². The van der Waals surface area contributed by atoms with Crippen molar-refractivity contribution in [2.45, 2.75) is 6.92 Å². The van der Waals surface area contributed by atoms with Crippen molar-refractivity contribution in [2.75, 3.05) is 18.5 Å². The first-order valence-electron chi connectivity index (χ1n) is 8.23. The van der Waals surface area contributed by atoms with Crippen LogP contribution >= 0.6 is 11.6 Å². The van der Waals surface area contributed by atoms with Crippen LogP contribution in [0, 0.1) is 22.6 Å². The third kappa shape index (κ3) is 3.83. The van der Waals surface area contributed by atoms with Crippen molar-refractivity contribution in [1.82, 2.24) is 4.98 Å². The average Bonchev–Trinajstić information content (AvgIpc) is 2.70. The number of hydrogen-bond acceptors (Lipinski definition) is 5. The minimum Gasteiger partial charge on any atom is -0.487 e. The van der Waals surface area contributed by atoms with Gasteiger partial charge in [-0.15, -0.1) is 0 Å². The number of nitriles is 1. The summed E-state index contributed by atoms with van der Waals surface area (Å²) in [4.78, 5) is 4.49. The number of allylic oxidation sites excluding steroid dienone is 4. The van der Waals surface area contributed by atoms with E-state index in [4.69, 9.17) is 27.0 Å². The van der Waals surface area contributed by atoms with E-state index < -0.39 is 5.82 Å². The molecule has 1 aromatic carbocycles. The zero-order chi connectivity index (χ0) is 19.4. The lowest BCUT2D eigenvalue weighted by atomic mass is 9.99.